The first kappa shape index (κ1) is 23.9. The van der Waals surface area contributed by atoms with Crippen LogP contribution in [0.3, 0.4) is 0 Å². The molecule has 2 aliphatic rings. The molecule has 1 atom stereocenters. The minimum absolute atomic E-state index is 0.0523. The van der Waals surface area contributed by atoms with Crippen molar-refractivity contribution in [2.45, 2.75) is 70.0 Å². The SMILES string of the molecule is C[C@]1(CCc2ccccc2)NC(=O)N(CC(=O)N(Cc2ccc(F)cc2)C2CCCCC2)C1=O. The lowest BCUT2D eigenvalue weighted by Gasteiger charge is -2.35. The molecule has 2 fully saturated rings. The lowest BCUT2D eigenvalue weighted by Crippen LogP contribution is -2.48. The zero-order valence-electron chi connectivity index (χ0n) is 19.6. The number of nitrogens with one attached hydrogen (secondary N) is 1. The number of hydrogen-bond acceptors (Lipinski definition) is 3. The van der Waals surface area contributed by atoms with Crippen molar-refractivity contribution in [2.75, 3.05) is 6.54 Å². The number of carbonyl (C=O) groups excluding carboxylic acids is 3. The van der Waals surface area contributed by atoms with Gasteiger partial charge in [0.05, 0.1) is 0 Å². The number of nitrogens with zero attached hydrogens (tertiary/aromatic N) is 2. The first-order chi connectivity index (χ1) is 16.4. The van der Waals surface area contributed by atoms with Crippen molar-refractivity contribution in [1.82, 2.24) is 15.1 Å². The molecule has 1 aliphatic heterocycles. The van der Waals surface area contributed by atoms with Crippen LogP contribution in [0.25, 0.3) is 0 Å². The van der Waals surface area contributed by atoms with E-state index in [1.54, 1.807) is 24.0 Å². The molecule has 0 spiro atoms. The Hall–Kier alpha value is -3.22. The maximum atomic E-state index is 13.4. The second-order valence-corrected chi connectivity index (χ2v) is 9.58. The molecule has 0 radical (unpaired) electrons. The third-order valence-corrected chi connectivity index (χ3v) is 7.00. The van der Waals surface area contributed by atoms with E-state index in [0.29, 0.717) is 19.4 Å². The lowest BCUT2D eigenvalue weighted by molar-refractivity contribution is -0.141. The normalized spacial score (nSPS) is 20.9. The largest absolute Gasteiger partial charge is 0.334 e. The average molecular weight is 466 g/mol. The van der Waals surface area contributed by atoms with Crippen molar-refractivity contribution in [2.24, 2.45) is 0 Å². The molecule has 2 aromatic rings. The van der Waals surface area contributed by atoms with Crippen LogP contribution in [0.5, 0.6) is 0 Å². The van der Waals surface area contributed by atoms with Crippen molar-refractivity contribution in [1.29, 1.82) is 0 Å². The van der Waals surface area contributed by atoms with Gasteiger partial charge in [-0.25, -0.2) is 9.18 Å². The summed E-state index contributed by atoms with van der Waals surface area (Å²) in [6, 6.07) is 15.4. The Balaban J connectivity index is 1.45. The molecule has 1 N–H and O–H groups in total. The number of hydrogen-bond donors (Lipinski definition) is 1. The van der Waals surface area contributed by atoms with Crippen molar-refractivity contribution >= 4 is 17.8 Å². The third-order valence-electron chi connectivity index (χ3n) is 7.00. The molecule has 0 bridgehead atoms. The van der Waals surface area contributed by atoms with E-state index < -0.39 is 11.6 Å². The number of imide groups is 1. The van der Waals surface area contributed by atoms with Crippen LogP contribution in [-0.4, -0.2) is 45.8 Å². The zero-order chi connectivity index (χ0) is 24.1. The Labute approximate surface area is 200 Å². The van der Waals surface area contributed by atoms with Gasteiger partial charge in [0, 0.05) is 12.6 Å². The minimum atomic E-state index is -1.04. The summed E-state index contributed by atoms with van der Waals surface area (Å²) in [5, 5.41) is 2.81. The monoisotopic (exact) mass is 465 g/mol. The topological polar surface area (TPSA) is 69.7 Å². The van der Waals surface area contributed by atoms with E-state index in [2.05, 4.69) is 5.32 Å². The maximum absolute atomic E-state index is 13.4. The van der Waals surface area contributed by atoms with E-state index in [1.165, 1.54) is 12.1 Å². The second-order valence-electron chi connectivity index (χ2n) is 9.58. The lowest BCUT2D eigenvalue weighted by atomic mass is 9.93. The molecule has 4 amide bonds. The van der Waals surface area contributed by atoms with Crippen LogP contribution in [0.1, 0.15) is 56.6 Å². The zero-order valence-corrected chi connectivity index (χ0v) is 19.6. The molecule has 7 heteroatoms. The Morgan fingerprint density at radius 1 is 1.03 bits per heavy atom. The van der Waals surface area contributed by atoms with Crippen molar-refractivity contribution in [3.8, 4) is 0 Å². The Kier molecular flexibility index (Phi) is 7.29. The summed E-state index contributed by atoms with van der Waals surface area (Å²) in [7, 11) is 0. The van der Waals surface area contributed by atoms with E-state index in [4.69, 9.17) is 0 Å². The fourth-order valence-corrected chi connectivity index (χ4v) is 4.93. The first-order valence-electron chi connectivity index (χ1n) is 12.1. The van der Waals surface area contributed by atoms with Crippen LogP contribution in [0.15, 0.2) is 54.6 Å². The summed E-state index contributed by atoms with van der Waals surface area (Å²) in [6.45, 7) is 1.76. The van der Waals surface area contributed by atoms with Crippen LogP contribution < -0.4 is 5.32 Å². The molecular weight excluding hydrogens is 433 g/mol. The van der Waals surface area contributed by atoms with Gasteiger partial charge in [-0.15, -0.1) is 0 Å². The predicted molar refractivity (Wildman–Crippen MR) is 127 cm³/mol. The van der Waals surface area contributed by atoms with Crippen LogP contribution in [0, 0.1) is 5.82 Å². The third kappa shape index (κ3) is 5.46. The van der Waals surface area contributed by atoms with Crippen molar-refractivity contribution in [3.05, 3.63) is 71.5 Å². The van der Waals surface area contributed by atoms with E-state index in [0.717, 1.165) is 48.1 Å². The van der Waals surface area contributed by atoms with Crippen LogP contribution >= 0.6 is 0 Å². The number of carbonyl (C=O) groups is 3. The quantitative estimate of drug-likeness (QED) is 0.587. The number of halogens is 1. The van der Waals surface area contributed by atoms with Crippen molar-refractivity contribution < 1.29 is 18.8 Å². The van der Waals surface area contributed by atoms with Gasteiger partial charge in [-0.2, -0.15) is 0 Å². The van der Waals surface area contributed by atoms with E-state index in [-0.39, 0.29) is 30.2 Å². The summed E-state index contributed by atoms with van der Waals surface area (Å²) >= 11 is 0. The highest BCUT2D eigenvalue weighted by molar-refractivity contribution is 6.08. The molecule has 1 saturated carbocycles. The molecule has 180 valence electrons. The molecule has 0 aromatic heterocycles. The fourth-order valence-electron chi connectivity index (χ4n) is 4.93. The van der Waals surface area contributed by atoms with Gasteiger partial charge in [-0.05, 0) is 55.9 Å². The van der Waals surface area contributed by atoms with Crippen LogP contribution in [0.2, 0.25) is 0 Å². The summed E-state index contributed by atoms with van der Waals surface area (Å²) in [4.78, 5) is 42.2. The molecular formula is C27H32FN3O3. The molecule has 6 nitrogen and oxygen atoms in total. The number of rotatable bonds is 8. The van der Waals surface area contributed by atoms with E-state index in [9.17, 15) is 18.8 Å². The average Bonchev–Trinajstić information content (AvgIpc) is 3.06. The highest BCUT2D eigenvalue weighted by Crippen LogP contribution is 2.27. The molecule has 4 rings (SSSR count). The van der Waals surface area contributed by atoms with Crippen LogP contribution in [-0.2, 0) is 22.6 Å². The minimum Gasteiger partial charge on any atom is -0.334 e. The van der Waals surface area contributed by atoms with Gasteiger partial charge in [0.15, 0.2) is 0 Å². The maximum Gasteiger partial charge on any atom is 0.325 e. The van der Waals surface area contributed by atoms with Gasteiger partial charge >= 0.3 is 6.03 Å². The van der Waals surface area contributed by atoms with Gasteiger partial charge in [-0.1, -0.05) is 61.7 Å². The molecule has 0 unspecified atom stereocenters. The fraction of sp³-hybridized carbons (Fsp3) is 0.444. The number of aryl methyl sites for hydroxylation is 1. The standard InChI is InChI=1S/C27H32FN3O3/c1-27(17-16-20-8-4-2-5-9-20)25(33)31(26(34)29-27)19-24(32)30(23-10-6-3-7-11-23)18-21-12-14-22(28)15-13-21/h2,4-5,8-9,12-15,23H,3,6-7,10-11,16-19H2,1H3,(H,29,34)/t27-/m1/s1. The summed E-state index contributed by atoms with van der Waals surface area (Å²) in [6.07, 6.45) is 6.10. The highest BCUT2D eigenvalue weighted by atomic mass is 19.1. The van der Waals surface area contributed by atoms with Crippen molar-refractivity contribution in [3.63, 3.8) is 0 Å². The van der Waals surface area contributed by atoms with E-state index in [1.807, 2.05) is 30.3 Å². The second kappa shape index (κ2) is 10.4. The van der Waals surface area contributed by atoms with Gasteiger partial charge in [0.25, 0.3) is 5.91 Å². The van der Waals surface area contributed by atoms with Gasteiger partial charge in [0.1, 0.15) is 17.9 Å². The Bertz CT molecular complexity index is 1020. The van der Waals surface area contributed by atoms with Gasteiger partial charge in [0.2, 0.25) is 5.91 Å². The molecule has 1 aliphatic carbocycles. The van der Waals surface area contributed by atoms with Gasteiger partial charge < -0.3 is 10.2 Å². The van der Waals surface area contributed by atoms with Crippen LogP contribution in [0.4, 0.5) is 9.18 Å². The molecule has 2 aromatic carbocycles. The van der Waals surface area contributed by atoms with E-state index >= 15 is 0 Å². The molecule has 1 heterocycles. The molecule has 34 heavy (non-hydrogen) atoms. The summed E-state index contributed by atoms with van der Waals surface area (Å²) < 4.78 is 13.4. The summed E-state index contributed by atoms with van der Waals surface area (Å²) in [5.41, 5.74) is 0.869. The van der Waals surface area contributed by atoms with Gasteiger partial charge in [-0.3, -0.25) is 14.5 Å². The highest BCUT2D eigenvalue weighted by Gasteiger charge is 2.48. The smallest absolute Gasteiger partial charge is 0.325 e. The number of amides is 4. The predicted octanol–water partition coefficient (Wildman–Crippen LogP) is 4.43. The first-order valence-corrected chi connectivity index (χ1v) is 12.1. The summed E-state index contributed by atoms with van der Waals surface area (Å²) in [5.74, 6) is -0.951. The molecule has 1 saturated heterocycles. The number of benzene rings is 2. The Morgan fingerprint density at radius 2 is 1.71 bits per heavy atom. The Morgan fingerprint density at radius 3 is 2.38 bits per heavy atom. The number of urea groups is 1.